The largest absolute Gasteiger partial charge is 0.493 e. The molecule has 1 amide bonds. The molecule has 0 heterocycles. The predicted molar refractivity (Wildman–Crippen MR) is 116 cm³/mol. The van der Waals surface area contributed by atoms with E-state index in [1.54, 1.807) is 36.4 Å². The van der Waals surface area contributed by atoms with Crippen LogP contribution in [0, 0.1) is 0 Å². The fourth-order valence-electron chi connectivity index (χ4n) is 2.42. The van der Waals surface area contributed by atoms with E-state index in [0.29, 0.717) is 33.7 Å². The molecule has 0 fully saturated rings. The fourth-order valence-corrected chi connectivity index (χ4v) is 2.97. The Labute approximate surface area is 175 Å². The summed E-state index contributed by atoms with van der Waals surface area (Å²) in [5.74, 6) is 0.185. The van der Waals surface area contributed by atoms with Gasteiger partial charge in [-0.1, -0.05) is 67.6 Å². The van der Waals surface area contributed by atoms with E-state index >= 15 is 0 Å². The predicted octanol–water partition coefficient (Wildman–Crippen LogP) is 6.08. The molecule has 0 aliphatic rings. The fraction of sp³-hybridized carbons (Fsp3) is 0.300. The van der Waals surface area contributed by atoms with Crippen molar-refractivity contribution < 1.29 is 9.53 Å². The normalized spacial score (nSPS) is 10.3. The standard InChI is InChI=1S/C20H22Cl2N2O2S/c1-2-3-4-7-13-26-17-12-6-5-9-14(17)19(25)24-20(27)23-16-11-8-10-15(21)18(16)22/h5-6,8-12H,2-4,7,13H2,1H3,(H2,23,24,25,27). The molecule has 0 radical (unpaired) electrons. The monoisotopic (exact) mass is 424 g/mol. The van der Waals surface area contributed by atoms with Gasteiger partial charge in [0.2, 0.25) is 0 Å². The second kappa shape index (κ2) is 11.1. The van der Waals surface area contributed by atoms with Crippen molar-refractivity contribution in [2.75, 3.05) is 11.9 Å². The summed E-state index contributed by atoms with van der Waals surface area (Å²) in [6.45, 7) is 2.74. The Morgan fingerprint density at radius 1 is 1.07 bits per heavy atom. The zero-order chi connectivity index (χ0) is 19.6. The number of nitrogens with one attached hydrogen (secondary N) is 2. The molecular formula is C20H22Cl2N2O2S. The number of carbonyl (C=O) groups is 1. The van der Waals surface area contributed by atoms with Gasteiger partial charge < -0.3 is 10.1 Å². The first-order chi connectivity index (χ1) is 13.0. The van der Waals surface area contributed by atoms with Crippen LogP contribution in [0.15, 0.2) is 42.5 Å². The number of unbranched alkanes of at least 4 members (excludes halogenated alkanes) is 3. The number of anilines is 1. The van der Waals surface area contributed by atoms with Crippen molar-refractivity contribution in [1.82, 2.24) is 5.32 Å². The molecule has 7 heteroatoms. The lowest BCUT2D eigenvalue weighted by molar-refractivity contribution is 0.0973. The van der Waals surface area contributed by atoms with E-state index in [9.17, 15) is 4.79 Å². The highest BCUT2D eigenvalue weighted by atomic mass is 35.5. The summed E-state index contributed by atoms with van der Waals surface area (Å²) in [5.41, 5.74) is 0.948. The second-order valence-electron chi connectivity index (χ2n) is 5.91. The minimum Gasteiger partial charge on any atom is -0.493 e. The van der Waals surface area contributed by atoms with Crippen LogP contribution >= 0.6 is 35.4 Å². The maximum Gasteiger partial charge on any atom is 0.261 e. The quantitative estimate of drug-likeness (QED) is 0.398. The number of para-hydroxylation sites is 1. The minimum atomic E-state index is -0.352. The number of hydrogen-bond acceptors (Lipinski definition) is 3. The third-order valence-corrected chi connectivity index (χ3v) is 4.84. The zero-order valence-corrected chi connectivity index (χ0v) is 17.4. The zero-order valence-electron chi connectivity index (χ0n) is 15.1. The van der Waals surface area contributed by atoms with Gasteiger partial charge >= 0.3 is 0 Å². The number of hydrogen-bond donors (Lipinski definition) is 2. The molecule has 0 aromatic heterocycles. The molecule has 0 saturated heterocycles. The smallest absolute Gasteiger partial charge is 0.261 e. The molecular weight excluding hydrogens is 403 g/mol. The number of halogens is 2. The molecule has 0 unspecified atom stereocenters. The van der Waals surface area contributed by atoms with Crippen LogP contribution in [0.2, 0.25) is 10.0 Å². The lowest BCUT2D eigenvalue weighted by Gasteiger charge is -2.14. The summed E-state index contributed by atoms with van der Waals surface area (Å²) >= 11 is 17.3. The molecule has 0 spiro atoms. The molecule has 0 atom stereocenters. The molecule has 4 nitrogen and oxygen atoms in total. The van der Waals surface area contributed by atoms with Crippen molar-refractivity contribution in [3.05, 3.63) is 58.1 Å². The van der Waals surface area contributed by atoms with Gasteiger partial charge in [-0.3, -0.25) is 10.1 Å². The van der Waals surface area contributed by atoms with Crippen LogP contribution in [-0.4, -0.2) is 17.6 Å². The van der Waals surface area contributed by atoms with Crippen LogP contribution in [0.1, 0.15) is 43.0 Å². The van der Waals surface area contributed by atoms with Crippen molar-refractivity contribution in [1.29, 1.82) is 0 Å². The summed E-state index contributed by atoms with van der Waals surface area (Å²) in [5, 5.41) is 6.39. The first-order valence-electron chi connectivity index (χ1n) is 8.81. The van der Waals surface area contributed by atoms with E-state index in [1.807, 2.05) is 6.07 Å². The van der Waals surface area contributed by atoms with Gasteiger partial charge in [-0.15, -0.1) is 0 Å². The summed E-state index contributed by atoms with van der Waals surface area (Å²) in [4.78, 5) is 12.6. The van der Waals surface area contributed by atoms with Gasteiger partial charge in [-0.05, 0) is 42.9 Å². The summed E-state index contributed by atoms with van der Waals surface area (Å²) in [6.07, 6.45) is 4.41. The van der Waals surface area contributed by atoms with Crippen molar-refractivity contribution in [3.8, 4) is 5.75 Å². The van der Waals surface area contributed by atoms with Gasteiger partial charge in [0.05, 0.1) is 27.9 Å². The first-order valence-corrected chi connectivity index (χ1v) is 9.97. The number of carbonyl (C=O) groups excluding carboxylic acids is 1. The third kappa shape index (κ3) is 6.69. The SMILES string of the molecule is CCCCCCOc1ccccc1C(=O)NC(=S)Nc1cccc(Cl)c1Cl. The van der Waals surface area contributed by atoms with Gasteiger partial charge in [-0.2, -0.15) is 0 Å². The van der Waals surface area contributed by atoms with E-state index in [2.05, 4.69) is 17.6 Å². The van der Waals surface area contributed by atoms with Crippen molar-refractivity contribution >= 4 is 52.1 Å². The van der Waals surface area contributed by atoms with E-state index < -0.39 is 0 Å². The molecule has 2 aromatic carbocycles. The number of amides is 1. The Kier molecular flexibility index (Phi) is 8.85. The maximum atomic E-state index is 12.6. The van der Waals surface area contributed by atoms with E-state index in [-0.39, 0.29) is 11.0 Å². The molecule has 0 bridgehead atoms. The minimum absolute atomic E-state index is 0.127. The summed E-state index contributed by atoms with van der Waals surface area (Å²) in [6, 6.07) is 12.2. The summed E-state index contributed by atoms with van der Waals surface area (Å²) < 4.78 is 5.78. The van der Waals surface area contributed by atoms with Crippen LogP contribution in [0.5, 0.6) is 5.75 Å². The Balaban J connectivity index is 1.96. The van der Waals surface area contributed by atoms with E-state index in [4.69, 9.17) is 40.2 Å². The highest BCUT2D eigenvalue weighted by Crippen LogP contribution is 2.29. The summed E-state index contributed by atoms with van der Waals surface area (Å²) in [7, 11) is 0. The van der Waals surface area contributed by atoms with Crippen molar-refractivity contribution in [2.24, 2.45) is 0 Å². The highest BCUT2D eigenvalue weighted by molar-refractivity contribution is 7.80. The molecule has 27 heavy (non-hydrogen) atoms. The Hall–Kier alpha value is -1.82. The topological polar surface area (TPSA) is 50.4 Å². The second-order valence-corrected chi connectivity index (χ2v) is 7.11. The van der Waals surface area contributed by atoms with Gasteiger partial charge in [0.1, 0.15) is 5.75 Å². The van der Waals surface area contributed by atoms with Gasteiger partial charge in [0.25, 0.3) is 5.91 Å². The molecule has 2 rings (SSSR count). The molecule has 0 aliphatic heterocycles. The third-order valence-electron chi connectivity index (χ3n) is 3.81. The number of rotatable bonds is 8. The van der Waals surface area contributed by atoms with Crippen LogP contribution in [-0.2, 0) is 0 Å². The van der Waals surface area contributed by atoms with Crippen LogP contribution in [0.25, 0.3) is 0 Å². The lowest BCUT2D eigenvalue weighted by atomic mass is 10.2. The molecule has 2 aromatic rings. The van der Waals surface area contributed by atoms with Crippen molar-refractivity contribution in [2.45, 2.75) is 32.6 Å². The van der Waals surface area contributed by atoms with E-state index in [1.165, 1.54) is 12.8 Å². The van der Waals surface area contributed by atoms with Crippen molar-refractivity contribution in [3.63, 3.8) is 0 Å². The number of ether oxygens (including phenoxy) is 1. The molecule has 2 N–H and O–H groups in total. The van der Waals surface area contributed by atoms with Gasteiger partial charge in [0.15, 0.2) is 5.11 Å². The van der Waals surface area contributed by atoms with Crippen LogP contribution < -0.4 is 15.4 Å². The number of thiocarbonyl (C=S) groups is 1. The lowest BCUT2D eigenvalue weighted by Crippen LogP contribution is -2.34. The molecule has 0 aliphatic carbocycles. The maximum absolute atomic E-state index is 12.6. The first kappa shape index (κ1) is 21.5. The Bertz CT molecular complexity index is 799. The number of benzene rings is 2. The Morgan fingerprint density at radius 3 is 2.63 bits per heavy atom. The molecule has 144 valence electrons. The van der Waals surface area contributed by atoms with Gasteiger partial charge in [0, 0.05) is 0 Å². The highest BCUT2D eigenvalue weighted by Gasteiger charge is 2.14. The average molecular weight is 425 g/mol. The average Bonchev–Trinajstić information content (AvgIpc) is 2.65. The van der Waals surface area contributed by atoms with Crippen LogP contribution in [0.4, 0.5) is 5.69 Å². The Morgan fingerprint density at radius 2 is 1.85 bits per heavy atom. The van der Waals surface area contributed by atoms with E-state index in [0.717, 1.165) is 12.8 Å². The van der Waals surface area contributed by atoms with Crippen LogP contribution in [0.3, 0.4) is 0 Å². The van der Waals surface area contributed by atoms with Gasteiger partial charge in [-0.25, -0.2) is 0 Å². The molecule has 0 saturated carbocycles.